The average Bonchev–Trinajstić information content (AvgIpc) is 3.55. The number of benzene rings is 1. The minimum Gasteiger partial charge on any atom is -0.481 e. The topological polar surface area (TPSA) is 110 Å². The number of aliphatic carboxylic acids is 1. The zero-order valence-corrected chi connectivity index (χ0v) is 18.1. The molecule has 4 aromatic rings. The molecular weight excluding hydrogens is 446 g/mol. The van der Waals surface area contributed by atoms with Gasteiger partial charge in [-0.05, 0) is 18.1 Å². The van der Waals surface area contributed by atoms with E-state index in [-0.39, 0.29) is 36.5 Å². The fourth-order valence-corrected chi connectivity index (χ4v) is 4.15. The normalized spacial score (nSPS) is 17.9. The Bertz CT molecular complexity index is 1340. The predicted octanol–water partition coefficient (Wildman–Crippen LogP) is 3.48. The Hall–Kier alpha value is -4.15. The Kier molecular flexibility index (Phi) is 5.52. The SMILES string of the molecule is C[C@@H]1CN(c2nc(-c3cc(-c4ccon4)n(Cc4ccccc4F)n3)ncc2F)C[C@@H]1C(=O)O. The number of carboxylic acid groups (broad SMARTS) is 1. The van der Waals surface area contributed by atoms with Crippen LogP contribution in [0.2, 0.25) is 0 Å². The minimum atomic E-state index is -0.922. The van der Waals surface area contributed by atoms with Gasteiger partial charge in [-0.25, -0.2) is 18.7 Å². The summed E-state index contributed by atoms with van der Waals surface area (Å²) in [7, 11) is 0. The van der Waals surface area contributed by atoms with Crippen LogP contribution in [-0.4, -0.2) is 49.1 Å². The Morgan fingerprint density at radius 2 is 2.00 bits per heavy atom. The van der Waals surface area contributed by atoms with Gasteiger partial charge in [0.15, 0.2) is 17.5 Å². The monoisotopic (exact) mass is 466 g/mol. The molecule has 9 nitrogen and oxygen atoms in total. The first kappa shape index (κ1) is 21.7. The van der Waals surface area contributed by atoms with Crippen molar-refractivity contribution in [1.82, 2.24) is 24.9 Å². The summed E-state index contributed by atoms with van der Waals surface area (Å²) in [6, 6.07) is 9.68. The van der Waals surface area contributed by atoms with Gasteiger partial charge in [0.2, 0.25) is 0 Å². The van der Waals surface area contributed by atoms with Gasteiger partial charge in [0.05, 0.1) is 24.4 Å². The van der Waals surface area contributed by atoms with Crippen molar-refractivity contribution in [2.24, 2.45) is 11.8 Å². The number of halogens is 2. The smallest absolute Gasteiger partial charge is 0.308 e. The van der Waals surface area contributed by atoms with E-state index >= 15 is 0 Å². The van der Waals surface area contributed by atoms with Gasteiger partial charge in [-0.15, -0.1) is 0 Å². The molecule has 34 heavy (non-hydrogen) atoms. The molecule has 0 saturated carbocycles. The maximum Gasteiger partial charge on any atom is 0.308 e. The van der Waals surface area contributed by atoms with E-state index < -0.39 is 17.7 Å². The van der Waals surface area contributed by atoms with E-state index in [1.807, 2.05) is 6.92 Å². The quantitative estimate of drug-likeness (QED) is 0.460. The number of carboxylic acids is 1. The first-order valence-electron chi connectivity index (χ1n) is 10.6. The summed E-state index contributed by atoms with van der Waals surface area (Å²) in [5.74, 6) is -2.54. The van der Waals surface area contributed by atoms with Crippen molar-refractivity contribution in [1.29, 1.82) is 0 Å². The van der Waals surface area contributed by atoms with Crippen LogP contribution in [0.15, 0.2) is 53.4 Å². The zero-order valence-electron chi connectivity index (χ0n) is 18.1. The van der Waals surface area contributed by atoms with E-state index in [1.54, 1.807) is 39.9 Å². The summed E-state index contributed by atoms with van der Waals surface area (Å²) >= 11 is 0. The molecule has 0 bridgehead atoms. The number of carbonyl (C=O) groups is 1. The van der Waals surface area contributed by atoms with E-state index in [1.165, 1.54) is 12.3 Å². The summed E-state index contributed by atoms with van der Waals surface area (Å²) < 4.78 is 35.4. The first-order chi connectivity index (χ1) is 16.4. The molecule has 0 aliphatic carbocycles. The molecule has 1 aromatic carbocycles. The second-order valence-electron chi connectivity index (χ2n) is 8.24. The molecular formula is C23H20F2N6O3. The molecule has 1 aliphatic heterocycles. The maximum absolute atomic E-state index is 14.6. The summed E-state index contributed by atoms with van der Waals surface area (Å²) in [4.78, 5) is 21.6. The van der Waals surface area contributed by atoms with E-state index in [9.17, 15) is 18.7 Å². The summed E-state index contributed by atoms with van der Waals surface area (Å²) in [6.45, 7) is 2.44. The molecule has 0 unspecified atom stereocenters. The van der Waals surface area contributed by atoms with Crippen LogP contribution in [0.25, 0.3) is 22.9 Å². The Labute approximate surface area is 192 Å². The number of hydrogen-bond acceptors (Lipinski definition) is 7. The van der Waals surface area contributed by atoms with Gasteiger partial charge < -0.3 is 14.5 Å². The third kappa shape index (κ3) is 4.00. The zero-order chi connectivity index (χ0) is 23.8. The van der Waals surface area contributed by atoms with E-state index in [0.717, 1.165) is 6.20 Å². The standard InChI is InChI=1S/C23H20F2N6O3/c1-13-10-30(12-15(13)23(32)33)22-17(25)9-26-21(27-22)19-8-20(18-6-7-34-29-18)31(28-19)11-14-4-2-3-5-16(14)24/h2-9,13,15H,10-12H2,1H3,(H,32,33)/t13-,15+/m1/s1. The maximum atomic E-state index is 14.6. The van der Waals surface area contributed by atoms with Crippen molar-refractivity contribution in [2.75, 3.05) is 18.0 Å². The van der Waals surface area contributed by atoms with Crippen molar-refractivity contribution >= 4 is 11.8 Å². The predicted molar refractivity (Wildman–Crippen MR) is 117 cm³/mol. The highest BCUT2D eigenvalue weighted by Crippen LogP contribution is 2.31. The third-order valence-corrected chi connectivity index (χ3v) is 5.94. The number of aromatic nitrogens is 5. The van der Waals surface area contributed by atoms with Gasteiger partial charge in [0.1, 0.15) is 23.5 Å². The van der Waals surface area contributed by atoms with Crippen molar-refractivity contribution in [2.45, 2.75) is 13.5 Å². The fraction of sp³-hybridized carbons (Fsp3) is 0.261. The van der Waals surface area contributed by atoms with Gasteiger partial charge in [-0.3, -0.25) is 9.48 Å². The van der Waals surface area contributed by atoms with Gasteiger partial charge in [0.25, 0.3) is 0 Å². The largest absolute Gasteiger partial charge is 0.481 e. The van der Waals surface area contributed by atoms with Crippen LogP contribution in [0.1, 0.15) is 12.5 Å². The van der Waals surface area contributed by atoms with Crippen molar-refractivity contribution in [3.05, 3.63) is 66.1 Å². The summed E-state index contributed by atoms with van der Waals surface area (Å²) in [5.41, 5.74) is 1.78. The second kappa shape index (κ2) is 8.65. The van der Waals surface area contributed by atoms with Crippen molar-refractivity contribution < 1.29 is 23.2 Å². The number of anilines is 1. The molecule has 1 N–H and O–H groups in total. The van der Waals surface area contributed by atoms with Crippen LogP contribution in [0.3, 0.4) is 0 Å². The van der Waals surface area contributed by atoms with Crippen LogP contribution >= 0.6 is 0 Å². The van der Waals surface area contributed by atoms with E-state index in [0.29, 0.717) is 29.2 Å². The molecule has 5 rings (SSSR count). The second-order valence-corrected chi connectivity index (χ2v) is 8.24. The van der Waals surface area contributed by atoms with Crippen LogP contribution in [0, 0.1) is 23.5 Å². The van der Waals surface area contributed by atoms with Crippen LogP contribution in [0.5, 0.6) is 0 Å². The summed E-state index contributed by atoms with van der Waals surface area (Å²) in [5, 5.41) is 17.9. The third-order valence-electron chi connectivity index (χ3n) is 5.94. The molecule has 1 saturated heterocycles. The molecule has 0 spiro atoms. The van der Waals surface area contributed by atoms with Crippen molar-refractivity contribution in [3.63, 3.8) is 0 Å². The lowest BCUT2D eigenvalue weighted by Gasteiger charge is -2.17. The number of rotatable bonds is 6. The fourth-order valence-electron chi connectivity index (χ4n) is 4.15. The average molecular weight is 466 g/mol. The Morgan fingerprint density at radius 3 is 2.71 bits per heavy atom. The lowest BCUT2D eigenvalue weighted by molar-refractivity contribution is -0.142. The lowest BCUT2D eigenvalue weighted by atomic mass is 9.99. The van der Waals surface area contributed by atoms with Gasteiger partial charge in [-0.2, -0.15) is 5.10 Å². The van der Waals surface area contributed by atoms with Crippen LogP contribution in [0.4, 0.5) is 14.6 Å². The minimum absolute atomic E-state index is 0.0206. The first-order valence-corrected chi connectivity index (χ1v) is 10.6. The van der Waals surface area contributed by atoms with Gasteiger partial charge in [-0.1, -0.05) is 30.3 Å². The summed E-state index contributed by atoms with van der Waals surface area (Å²) in [6.07, 6.45) is 2.46. The van der Waals surface area contributed by atoms with E-state index in [4.69, 9.17) is 4.52 Å². The Morgan fingerprint density at radius 1 is 1.18 bits per heavy atom. The molecule has 0 amide bonds. The molecule has 11 heteroatoms. The molecule has 2 atom stereocenters. The molecule has 1 fully saturated rings. The van der Waals surface area contributed by atoms with Gasteiger partial charge in [0, 0.05) is 24.7 Å². The molecule has 3 aromatic heterocycles. The molecule has 4 heterocycles. The highest BCUT2D eigenvalue weighted by Gasteiger charge is 2.36. The van der Waals surface area contributed by atoms with Gasteiger partial charge >= 0.3 is 5.97 Å². The number of nitrogens with zero attached hydrogens (tertiary/aromatic N) is 6. The number of hydrogen-bond donors (Lipinski definition) is 1. The highest BCUT2D eigenvalue weighted by molar-refractivity contribution is 5.72. The van der Waals surface area contributed by atoms with Crippen LogP contribution < -0.4 is 4.90 Å². The van der Waals surface area contributed by atoms with Crippen LogP contribution in [-0.2, 0) is 11.3 Å². The molecule has 1 aliphatic rings. The molecule has 0 radical (unpaired) electrons. The lowest BCUT2D eigenvalue weighted by Crippen LogP contribution is -2.25. The van der Waals surface area contributed by atoms with Crippen molar-refractivity contribution in [3.8, 4) is 22.9 Å². The Balaban J connectivity index is 1.52. The molecule has 174 valence electrons. The van der Waals surface area contributed by atoms with E-state index in [2.05, 4.69) is 20.2 Å². The highest BCUT2D eigenvalue weighted by atomic mass is 19.1.